The Morgan fingerprint density at radius 3 is 2.02 bits per heavy atom. The second-order valence-corrected chi connectivity index (χ2v) is 12.4. The summed E-state index contributed by atoms with van der Waals surface area (Å²) in [5.74, 6) is 0.300. The van der Waals surface area contributed by atoms with E-state index in [4.69, 9.17) is 9.47 Å². The molecule has 0 aliphatic carbocycles. The summed E-state index contributed by atoms with van der Waals surface area (Å²) in [7, 11) is -2.34. The molecule has 0 heterocycles. The molecule has 0 radical (unpaired) electrons. The van der Waals surface area contributed by atoms with E-state index in [0.717, 1.165) is 27.3 Å². The van der Waals surface area contributed by atoms with Crippen LogP contribution in [0, 0.1) is 0 Å². The molecule has 236 valence electrons. The third-order valence-electron chi connectivity index (χ3n) is 7.16. The fourth-order valence-electron chi connectivity index (χ4n) is 4.88. The van der Waals surface area contributed by atoms with Crippen LogP contribution in [0.4, 0.5) is 5.69 Å². The Balaban J connectivity index is 1.64. The molecule has 1 N–H and O–H groups in total. The second kappa shape index (κ2) is 15.8. The maximum Gasteiger partial charge on any atom is 0.244 e. The van der Waals surface area contributed by atoms with Crippen molar-refractivity contribution in [1.82, 2.24) is 10.2 Å². The number of amides is 2. The van der Waals surface area contributed by atoms with Gasteiger partial charge in [-0.3, -0.25) is 13.9 Å². The highest BCUT2D eigenvalue weighted by molar-refractivity contribution is 7.92. The first kappa shape index (κ1) is 33.1. The first-order valence-corrected chi connectivity index (χ1v) is 16.5. The minimum atomic E-state index is -3.89. The van der Waals surface area contributed by atoms with Gasteiger partial charge in [0.25, 0.3) is 0 Å². The predicted molar refractivity (Wildman–Crippen MR) is 176 cm³/mol. The Morgan fingerprint density at radius 1 is 0.800 bits per heavy atom. The van der Waals surface area contributed by atoms with Gasteiger partial charge in [-0.15, -0.1) is 0 Å². The smallest absolute Gasteiger partial charge is 0.244 e. The van der Waals surface area contributed by atoms with Crippen molar-refractivity contribution in [3.63, 3.8) is 0 Å². The zero-order chi connectivity index (χ0) is 32.2. The molecule has 4 rings (SSSR count). The highest BCUT2D eigenvalue weighted by Gasteiger charge is 2.33. The van der Waals surface area contributed by atoms with Crippen molar-refractivity contribution in [3.05, 3.63) is 126 Å². The van der Waals surface area contributed by atoms with Crippen molar-refractivity contribution >= 4 is 27.5 Å². The van der Waals surface area contributed by atoms with Crippen molar-refractivity contribution in [2.75, 3.05) is 30.8 Å². The number of likely N-dealkylation sites (N-methyl/N-ethyl adjacent to an activating group) is 1. The van der Waals surface area contributed by atoms with Gasteiger partial charge in [0.05, 0.1) is 19.1 Å². The quantitative estimate of drug-likeness (QED) is 0.202. The summed E-state index contributed by atoms with van der Waals surface area (Å²) in [4.78, 5) is 29.1. The number of carbonyl (C=O) groups is 2. The number of benzene rings is 4. The van der Waals surface area contributed by atoms with E-state index in [0.29, 0.717) is 30.3 Å². The number of nitrogens with one attached hydrogen (secondary N) is 1. The number of ether oxygens (including phenoxy) is 2. The molecule has 0 aromatic heterocycles. The van der Waals surface area contributed by atoms with Crippen molar-refractivity contribution in [1.29, 1.82) is 0 Å². The van der Waals surface area contributed by atoms with Crippen LogP contribution in [-0.4, -0.2) is 57.6 Å². The summed E-state index contributed by atoms with van der Waals surface area (Å²) in [6, 6.07) is 32.0. The zero-order valence-electron chi connectivity index (χ0n) is 25.8. The Kier molecular flexibility index (Phi) is 11.6. The SMILES string of the molecule is CCNC(=O)[C@H](Cc1ccccc1)N(Cc1cccc(OC)c1)C(=O)CN(c1ccc(OCc2ccccc2)cc1)S(C)(=O)=O. The highest BCUT2D eigenvalue weighted by Crippen LogP contribution is 2.24. The van der Waals surface area contributed by atoms with Gasteiger partial charge in [-0.25, -0.2) is 8.42 Å². The molecular weight excluding hydrogens is 590 g/mol. The van der Waals surface area contributed by atoms with Crippen molar-refractivity contribution in [3.8, 4) is 11.5 Å². The molecule has 4 aromatic rings. The fourth-order valence-corrected chi connectivity index (χ4v) is 5.73. The van der Waals surface area contributed by atoms with Gasteiger partial charge in [0.1, 0.15) is 30.7 Å². The predicted octanol–water partition coefficient (Wildman–Crippen LogP) is 4.82. The van der Waals surface area contributed by atoms with Gasteiger partial charge in [-0.05, 0) is 60.0 Å². The maximum absolute atomic E-state index is 14.2. The van der Waals surface area contributed by atoms with Crippen LogP contribution in [0.5, 0.6) is 11.5 Å². The van der Waals surface area contributed by atoms with E-state index in [2.05, 4.69) is 5.32 Å². The van der Waals surface area contributed by atoms with E-state index in [1.54, 1.807) is 49.6 Å². The van der Waals surface area contributed by atoms with Gasteiger partial charge in [0, 0.05) is 19.5 Å². The van der Waals surface area contributed by atoms with E-state index in [1.165, 1.54) is 4.90 Å². The van der Waals surface area contributed by atoms with Gasteiger partial charge in [-0.1, -0.05) is 72.8 Å². The van der Waals surface area contributed by atoms with Crippen LogP contribution in [0.25, 0.3) is 0 Å². The van der Waals surface area contributed by atoms with Gasteiger partial charge in [0.2, 0.25) is 21.8 Å². The molecule has 0 bridgehead atoms. The van der Waals surface area contributed by atoms with Crippen LogP contribution < -0.4 is 19.1 Å². The third kappa shape index (κ3) is 9.58. The summed E-state index contributed by atoms with van der Waals surface area (Å²) < 4.78 is 38.4. The van der Waals surface area contributed by atoms with Crippen molar-refractivity contribution < 1.29 is 27.5 Å². The molecule has 0 fully saturated rings. The first-order chi connectivity index (χ1) is 21.7. The molecule has 0 aliphatic rings. The van der Waals surface area contributed by atoms with Gasteiger partial charge in [-0.2, -0.15) is 0 Å². The molecule has 0 spiro atoms. The number of anilines is 1. The van der Waals surface area contributed by atoms with Crippen LogP contribution in [0.1, 0.15) is 23.6 Å². The van der Waals surface area contributed by atoms with Crippen molar-refractivity contribution in [2.24, 2.45) is 0 Å². The van der Waals surface area contributed by atoms with Crippen LogP contribution in [0.15, 0.2) is 109 Å². The molecule has 0 saturated heterocycles. The lowest BCUT2D eigenvalue weighted by molar-refractivity contribution is -0.140. The van der Waals surface area contributed by atoms with Crippen LogP contribution in [0.3, 0.4) is 0 Å². The molecule has 2 amide bonds. The highest BCUT2D eigenvalue weighted by atomic mass is 32.2. The number of hydrogen-bond donors (Lipinski definition) is 1. The van der Waals surface area contributed by atoms with Crippen LogP contribution >= 0.6 is 0 Å². The van der Waals surface area contributed by atoms with Crippen LogP contribution in [0.2, 0.25) is 0 Å². The number of rotatable bonds is 15. The van der Waals surface area contributed by atoms with Gasteiger partial charge >= 0.3 is 0 Å². The molecule has 4 aromatic carbocycles. The second-order valence-electron chi connectivity index (χ2n) is 10.5. The third-order valence-corrected chi connectivity index (χ3v) is 8.30. The minimum Gasteiger partial charge on any atom is -0.497 e. The van der Waals surface area contributed by atoms with Crippen LogP contribution in [-0.2, 0) is 39.2 Å². The van der Waals surface area contributed by atoms with E-state index in [1.807, 2.05) is 73.7 Å². The summed E-state index contributed by atoms with van der Waals surface area (Å²) >= 11 is 0. The molecule has 0 saturated carbocycles. The standard InChI is InChI=1S/C35H39N3O6S/c1-4-36-35(40)33(23-27-12-7-5-8-13-27)37(24-29-16-11-17-32(22-29)43-2)34(39)25-38(45(3,41)42)30-18-20-31(21-19-30)44-26-28-14-9-6-10-15-28/h5-22,33H,4,23-26H2,1-3H3,(H,36,40)/t33-/m0/s1. The summed E-state index contributed by atoms with van der Waals surface area (Å²) in [5.41, 5.74) is 2.90. The number of hydrogen-bond acceptors (Lipinski definition) is 6. The number of methoxy groups -OCH3 is 1. The lowest BCUT2D eigenvalue weighted by Crippen LogP contribution is -2.53. The van der Waals surface area contributed by atoms with E-state index < -0.39 is 28.5 Å². The van der Waals surface area contributed by atoms with Gasteiger partial charge in [0.15, 0.2) is 0 Å². The van der Waals surface area contributed by atoms with E-state index in [-0.39, 0.29) is 18.9 Å². The monoisotopic (exact) mass is 629 g/mol. The van der Waals surface area contributed by atoms with E-state index >= 15 is 0 Å². The molecule has 9 nitrogen and oxygen atoms in total. The summed E-state index contributed by atoms with van der Waals surface area (Å²) in [6.45, 7) is 2.10. The Hall–Kier alpha value is -4.83. The Bertz CT molecular complexity index is 1650. The lowest BCUT2D eigenvalue weighted by Gasteiger charge is -2.33. The first-order valence-electron chi connectivity index (χ1n) is 14.7. The number of sulfonamides is 1. The molecule has 45 heavy (non-hydrogen) atoms. The molecular formula is C35H39N3O6S. The van der Waals surface area contributed by atoms with Crippen molar-refractivity contribution in [2.45, 2.75) is 32.5 Å². The average molecular weight is 630 g/mol. The molecule has 1 atom stereocenters. The normalized spacial score (nSPS) is 11.7. The molecule has 0 aliphatic heterocycles. The molecule has 0 unspecified atom stereocenters. The van der Waals surface area contributed by atoms with E-state index in [9.17, 15) is 18.0 Å². The fraction of sp³-hybridized carbons (Fsp3) is 0.257. The Morgan fingerprint density at radius 2 is 1.42 bits per heavy atom. The molecule has 10 heteroatoms. The lowest BCUT2D eigenvalue weighted by atomic mass is 10.0. The zero-order valence-corrected chi connectivity index (χ0v) is 26.6. The number of carbonyl (C=O) groups excluding carboxylic acids is 2. The summed E-state index contributed by atoms with van der Waals surface area (Å²) in [5, 5.41) is 2.85. The largest absolute Gasteiger partial charge is 0.497 e. The summed E-state index contributed by atoms with van der Waals surface area (Å²) in [6.07, 6.45) is 1.30. The topological polar surface area (TPSA) is 105 Å². The Labute approximate surface area is 265 Å². The minimum absolute atomic E-state index is 0.0640. The average Bonchev–Trinajstić information content (AvgIpc) is 3.05. The van der Waals surface area contributed by atoms with Gasteiger partial charge < -0.3 is 19.7 Å². The number of nitrogens with zero attached hydrogens (tertiary/aromatic N) is 2. The maximum atomic E-state index is 14.2.